The number of anilines is 4. The van der Waals surface area contributed by atoms with Gasteiger partial charge in [-0.2, -0.15) is 0 Å². The van der Waals surface area contributed by atoms with Crippen LogP contribution in [0.3, 0.4) is 0 Å². The lowest BCUT2D eigenvalue weighted by Crippen LogP contribution is -2.50. The van der Waals surface area contributed by atoms with Gasteiger partial charge in [0, 0.05) is 148 Å². The third-order valence-corrected chi connectivity index (χ3v) is 18.4. The minimum atomic E-state index is -1.15. The van der Waals surface area contributed by atoms with Crippen molar-refractivity contribution in [2.24, 2.45) is 0 Å². The van der Waals surface area contributed by atoms with Crippen LogP contribution in [0.2, 0.25) is 0 Å². The summed E-state index contributed by atoms with van der Waals surface area (Å²) in [6.45, 7) is 13.4. The molecule has 3 amide bonds. The highest BCUT2D eigenvalue weighted by molar-refractivity contribution is 8.76. The first-order chi connectivity index (χ1) is 42.7. The average molecular weight is 1230 g/mol. The maximum Gasteiger partial charge on any atom is 0.336 e. The molecular weight excluding hydrogens is 1170 g/mol. The Bertz CT molecular complexity index is 4380. The van der Waals surface area contributed by atoms with Crippen LogP contribution >= 0.6 is 33.8 Å². The molecule has 5 aliphatic rings. The van der Waals surface area contributed by atoms with Gasteiger partial charge in [0.15, 0.2) is 10.5 Å². The van der Waals surface area contributed by atoms with E-state index in [1.165, 1.54) is 30.3 Å². The zero-order valence-electron chi connectivity index (χ0n) is 48.9. The van der Waals surface area contributed by atoms with Crippen molar-refractivity contribution in [2.75, 3.05) is 73.2 Å². The van der Waals surface area contributed by atoms with Crippen molar-refractivity contribution >= 4 is 107 Å². The van der Waals surface area contributed by atoms with E-state index in [0.717, 1.165) is 86.1 Å². The zero-order valence-corrected chi connectivity index (χ0v) is 51.4. The number of benzene rings is 8. The monoisotopic (exact) mass is 1230 g/mol. The third-order valence-electron chi connectivity index (χ3n) is 15.8. The van der Waals surface area contributed by atoms with Crippen molar-refractivity contribution in [3.8, 4) is 50.7 Å². The molecule has 6 aromatic carbocycles. The van der Waals surface area contributed by atoms with E-state index in [-0.39, 0.29) is 63.8 Å². The molecule has 16 nitrogen and oxygen atoms in total. The second kappa shape index (κ2) is 26.7. The van der Waals surface area contributed by atoms with E-state index in [2.05, 4.69) is 89.5 Å². The van der Waals surface area contributed by atoms with Gasteiger partial charge in [0.05, 0.1) is 11.6 Å². The largest absolute Gasteiger partial charge is 0.508 e. The summed E-state index contributed by atoms with van der Waals surface area (Å²) in [6.07, 6.45) is 0.0577. The highest BCUT2D eigenvalue weighted by atomic mass is 33.1. The van der Waals surface area contributed by atoms with Crippen LogP contribution in [0.1, 0.15) is 61.3 Å². The van der Waals surface area contributed by atoms with E-state index in [4.69, 9.17) is 21.1 Å². The first-order valence-corrected chi connectivity index (χ1v) is 31.7. The average Bonchev–Trinajstić information content (AvgIpc) is 1.75. The van der Waals surface area contributed by atoms with E-state index in [9.17, 15) is 34.2 Å². The molecule has 0 aromatic heterocycles. The smallest absolute Gasteiger partial charge is 0.336 e. The van der Waals surface area contributed by atoms with Gasteiger partial charge in [0.2, 0.25) is 17.2 Å². The number of phenols is 1. The number of fused-ring (bicyclic) bond motifs is 4. The van der Waals surface area contributed by atoms with E-state index in [0.29, 0.717) is 65.2 Å². The van der Waals surface area contributed by atoms with E-state index in [1.807, 2.05) is 77.7 Å². The molecule has 0 radical (unpaired) electrons. The molecule has 3 heterocycles. The molecule has 3 aliphatic heterocycles. The Morgan fingerprint density at radius 3 is 1.82 bits per heavy atom. The van der Waals surface area contributed by atoms with Gasteiger partial charge in [0.1, 0.15) is 41.5 Å². The molecule has 2 aliphatic carbocycles. The van der Waals surface area contributed by atoms with Crippen LogP contribution in [0.5, 0.6) is 5.75 Å². The molecule has 0 atom stereocenters. The Morgan fingerprint density at radius 2 is 1.16 bits per heavy atom. The number of aromatic hydroxyl groups is 1. The van der Waals surface area contributed by atoms with Crippen molar-refractivity contribution in [3.05, 3.63) is 190 Å². The molecule has 6 aromatic rings. The summed E-state index contributed by atoms with van der Waals surface area (Å²) in [7, 11) is 3.11. The van der Waals surface area contributed by atoms with Crippen LogP contribution in [0.4, 0.5) is 22.7 Å². The summed E-state index contributed by atoms with van der Waals surface area (Å²) in [4.78, 5) is 73.9. The summed E-state index contributed by atoms with van der Waals surface area (Å²) in [6, 6.07) is 49.2. The van der Waals surface area contributed by atoms with Crippen LogP contribution < -0.4 is 36.2 Å². The zero-order chi connectivity index (χ0) is 61.6. The topological polar surface area (TPSA) is 201 Å². The fourth-order valence-corrected chi connectivity index (χ4v) is 13.5. The molecule has 0 spiro atoms. The number of piperazine rings is 1. The number of amides is 3. The Balaban J connectivity index is 0.661. The van der Waals surface area contributed by atoms with Gasteiger partial charge in [-0.25, -0.2) is 9.37 Å². The lowest BCUT2D eigenvalue weighted by molar-refractivity contribution is -0.134. The third kappa shape index (κ3) is 13.1. The number of hydrogen-bond donors (Lipinski definition) is 5. The lowest BCUT2D eigenvalue weighted by Gasteiger charge is -2.35. The molecule has 1 saturated heterocycles. The molecule has 5 N–H and O–H groups in total. The highest BCUT2D eigenvalue weighted by Crippen LogP contribution is 2.45. The molecule has 19 heteroatoms. The number of carboxylic acid groups (broad SMARTS) is 1. The van der Waals surface area contributed by atoms with Crippen LogP contribution in [0, 0.1) is 0 Å². The van der Waals surface area contributed by atoms with Crippen molar-refractivity contribution in [1.82, 2.24) is 14.4 Å². The maximum absolute atomic E-state index is 14.6. The number of carboxylic acids is 1. The Hall–Kier alpha value is -9.43. The number of thiocarbonyl (C=S) groups is 1. The summed E-state index contributed by atoms with van der Waals surface area (Å²) >= 11 is 5.68. The number of nitrogens with zero attached hydrogens (tertiary/aromatic N) is 4. The minimum absolute atomic E-state index is 0.0158. The van der Waals surface area contributed by atoms with Crippen LogP contribution in [-0.2, 0) is 9.59 Å². The van der Waals surface area contributed by atoms with Crippen molar-refractivity contribution in [1.29, 1.82) is 0 Å². The summed E-state index contributed by atoms with van der Waals surface area (Å²) < 4.78 is 15.0. The van der Waals surface area contributed by atoms with Gasteiger partial charge in [0.25, 0.3) is 5.91 Å². The lowest BCUT2D eigenvalue weighted by atomic mass is 9.90. The van der Waals surface area contributed by atoms with E-state index in [1.54, 1.807) is 50.8 Å². The fourth-order valence-electron chi connectivity index (χ4n) is 11.3. The molecule has 11 rings (SSSR count). The van der Waals surface area contributed by atoms with Crippen molar-refractivity contribution in [2.45, 2.75) is 50.3 Å². The summed E-state index contributed by atoms with van der Waals surface area (Å²) in [5.74, 6) is -0.726. The van der Waals surface area contributed by atoms with Crippen LogP contribution in [-0.4, -0.2) is 101 Å². The van der Waals surface area contributed by atoms with Gasteiger partial charge in [-0.15, -0.1) is 0 Å². The fraction of sp³-hybridized carbons (Fsp3) is 0.203. The summed E-state index contributed by atoms with van der Waals surface area (Å²) in [5, 5.41) is 32.5. The normalized spacial score (nSPS) is 12.4. The molecule has 446 valence electrons. The second-order valence-electron chi connectivity index (χ2n) is 21.1. The Morgan fingerprint density at radius 1 is 0.580 bits per heavy atom. The van der Waals surface area contributed by atoms with E-state index < -0.39 is 5.97 Å². The number of nitrogens with one attached hydrogen (secondary N) is 3. The van der Waals surface area contributed by atoms with E-state index >= 15 is 0 Å². The van der Waals surface area contributed by atoms with Crippen LogP contribution in [0.15, 0.2) is 187 Å². The predicted octanol–water partition coefficient (Wildman–Crippen LogP) is 13.5. The minimum Gasteiger partial charge on any atom is -0.508 e. The molecule has 0 bridgehead atoms. The first kappa shape index (κ1) is 60.3. The molecular formula is C69H64N7O9S3+. The van der Waals surface area contributed by atoms with Gasteiger partial charge < -0.3 is 49.7 Å². The number of hydrogen-bond acceptors (Lipinski definition) is 12. The SMILES string of the molecule is CCN(CC)c1ccc2c(-c3ccccc3C(=O)N3CCN(C(=O)CCC(=O)Nc4ccc(SSc5ccc(NC(=S)Nc6ccc(C(=O)O)c(-c7c8ccc(=O)cc-8oc8cc(O)ccc78)c6)cc5)cc4)CC3)c3ccc(=[N+](CC)CC)cc-3oc2c1. The number of aromatic carboxylic acids is 1. The van der Waals surface area contributed by atoms with Gasteiger partial charge in [-0.05, 0) is 166 Å². The van der Waals surface area contributed by atoms with Gasteiger partial charge in [-0.3, -0.25) is 19.2 Å². The highest BCUT2D eigenvalue weighted by Gasteiger charge is 2.29. The second-order valence-corrected chi connectivity index (χ2v) is 23.8. The maximum atomic E-state index is 14.6. The molecule has 0 saturated carbocycles. The molecule has 88 heavy (non-hydrogen) atoms. The predicted molar refractivity (Wildman–Crippen MR) is 356 cm³/mol. The quantitative estimate of drug-likeness (QED) is 0.0235. The number of carbonyl (C=O) groups is 4. The van der Waals surface area contributed by atoms with Crippen LogP contribution in [0.25, 0.3) is 66.8 Å². The Labute approximate surface area is 521 Å². The number of rotatable bonds is 18. The Kier molecular flexibility index (Phi) is 18.3. The molecule has 1 fully saturated rings. The number of carbonyl (C=O) groups excluding carboxylic acids is 3. The van der Waals surface area contributed by atoms with Crippen molar-refractivity contribution in [3.63, 3.8) is 0 Å². The van der Waals surface area contributed by atoms with Crippen molar-refractivity contribution < 1.29 is 38.2 Å². The van der Waals surface area contributed by atoms with Gasteiger partial charge >= 0.3 is 5.97 Å². The standard InChI is InChI=1S/C69H63N7O9S3/c1-5-73(6-2)45-18-27-54-59(38-45)84-60-39-46(74(7-3)8-4)19-28-55(60)65(54)51-11-9-10-12-52(51)67(81)76-35-33-75(34-36-76)64(80)32-31-63(79)70-42-13-22-49(23-14-42)87-88-50-24-15-43(16-25-50)71-69(86)72-44-17-26-53(68(82)83)58(37-44)66-56-29-20-47(77)40-61(56)85-62-41-48(78)21-30-57(62)66/h9-30,37-41H,5-8,31-36H2,1-4H3,(H4-,70,71,72,77,78,79,82,83,86)/p+1. The summed E-state index contributed by atoms with van der Waals surface area (Å²) in [5.41, 5.74) is 8.32. The molecule has 0 unspecified atom stereocenters. The number of phenolic OH excluding ortho intramolecular Hbond substituents is 1. The van der Waals surface area contributed by atoms with Gasteiger partial charge in [-0.1, -0.05) is 39.8 Å². The first-order valence-electron chi connectivity index (χ1n) is 29.2.